The first kappa shape index (κ1) is 12.2. The van der Waals surface area contributed by atoms with E-state index in [2.05, 4.69) is 20.3 Å². The molecule has 0 saturated carbocycles. The van der Waals surface area contributed by atoms with Crippen molar-refractivity contribution in [1.29, 1.82) is 0 Å². The van der Waals surface area contributed by atoms with Crippen molar-refractivity contribution in [2.45, 2.75) is 6.61 Å². The van der Waals surface area contributed by atoms with Crippen LogP contribution in [0.5, 0.6) is 5.88 Å². The van der Waals surface area contributed by atoms with Crippen LogP contribution in [0.4, 0.5) is 5.95 Å². The first-order valence-electron chi connectivity index (χ1n) is 6.09. The van der Waals surface area contributed by atoms with E-state index in [-0.39, 0.29) is 5.95 Å². The molecule has 0 unspecified atom stereocenters. The summed E-state index contributed by atoms with van der Waals surface area (Å²) >= 11 is 0. The number of amides is 1. The lowest BCUT2D eigenvalue weighted by Gasteiger charge is -2.07. The third-order valence-corrected chi connectivity index (χ3v) is 2.78. The van der Waals surface area contributed by atoms with Gasteiger partial charge in [-0.15, -0.1) is 0 Å². The van der Waals surface area contributed by atoms with Crippen LogP contribution >= 0.6 is 0 Å². The molecule has 100 valence electrons. The van der Waals surface area contributed by atoms with Crippen LogP contribution in [0.3, 0.4) is 0 Å². The number of hydrogen-bond acceptors (Lipinski definition) is 4. The first-order chi connectivity index (χ1) is 9.86. The van der Waals surface area contributed by atoms with Gasteiger partial charge in [-0.3, -0.25) is 10.1 Å². The van der Waals surface area contributed by atoms with Gasteiger partial charge in [0.15, 0.2) is 0 Å². The van der Waals surface area contributed by atoms with E-state index in [0.717, 1.165) is 5.56 Å². The first-order valence-corrected chi connectivity index (χ1v) is 6.09. The molecular weight excluding hydrogens is 256 g/mol. The molecule has 0 aliphatic carbocycles. The quantitative estimate of drug-likeness (QED) is 0.694. The fourth-order valence-electron chi connectivity index (χ4n) is 1.86. The molecule has 20 heavy (non-hydrogen) atoms. The van der Waals surface area contributed by atoms with Crippen LogP contribution in [0.2, 0.25) is 0 Å². The summed E-state index contributed by atoms with van der Waals surface area (Å²) in [7, 11) is 0. The molecule has 0 aliphatic rings. The van der Waals surface area contributed by atoms with Crippen molar-refractivity contribution in [3.63, 3.8) is 0 Å². The zero-order valence-corrected chi connectivity index (χ0v) is 10.5. The number of hydrogen-bond donors (Lipinski definition) is 2. The highest BCUT2D eigenvalue weighted by molar-refractivity contribution is 5.82. The number of anilines is 1. The van der Waals surface area contributed by atoms with Crippen LogP contribution < -0.4 is 10.1 Å². The molecule has 3 aromatic rings. The number of aromatic amines is 1. The predicted molar refractivity (Wildman–Crippen MR) is 74.3 cm³/mol. The number of nitrogens with zero attached hydrogens (tertiary/aromatic N) is 2. The number of carbonyl (C=O) groups is 1. The molecule has 2 heterocycles. The van der Waals surface area contributed by atoms with Crippen molar-refractivity contribution in [3.05, 3.63) is 48.2 Å². The standard InChI is InChI=1S/C14H12N4O2/c19-9-16-14-17-11-6-7-15-12(11)13(18-14)20-8-10-4-2-1-3-5-10/h1-7,9,15H,8H2,(H,16,17,18,19). The lowest BCUT2D eigenvalue weighted by Crippen LogP contribution is -2.04. The van der Waals surface area contributed by atoms with Gasteiger partial charge in [-0.2, -0.15) is 4.98 Å². The minimum absolute atomic E-state index is 0.218. The normalized spacial score (nSPS) is 10.4. The lowest BCUT2D eigenvalue weighted by molar-refractivity contribution is -0.105. The Hall–Kier alpha value is -2.89. The molecule has 2 N–H and O–H groups in total. The van der Waals surface area contributed by atoms with Crippen LogP contribution in [-0.2, 0) is 11.4 Å². The molecule has 0 atom stereocenters. The number of rotatable bonds is 5. The average molecular weight is 268 g/mol. The SMILES string of the molecule is O=CNc1nc(OCc2ccccc2)c2[nH]ccc2n1. The van der Waals surface area contributed by atoms with Gasteiger partial charge in [0, 0.05) is 6.20 Å². The van der Waals surface area contributed by atoms with Crippen molar-refractivity contribution in [1.82, 2.24) is 15.0 Å². The molecule has 1 aromatic carbocycles. The van der Waals surface area contributed by atoms with E-state index in [9.17, 15) is 4.79 Å². The van der Waals surface area contributed by atoms with Crippen LogP contribution in [0.15, 0.2) is 42.6 Å². The molecule has 0 spiro atoms. The second-order valence-corrected chi connectivity index (χ2v) is 4.13. The predicted octanol–water partition coefficient (Wildman–Crippen LogP) is 2.11. The Kier molecular flexibility index (Phi) is 3.28. The number of carbonyl (C=O) groups excluding carboxylic acids is 1. The highest BCUT2D eigenvalue weighted by Gasteiger charge is 2.09. The Balaban J connectivity index is 1.89. The maximum Gasteiger partial charge on any atom is 0.243 e. The van der Waals surface area contributed by atoms with Gasteiger partial charge in [0.2, 0.25) is 18.2 Å². The Morgan fingerprint density at radius 2 is 2.05 bits per heavy atom. The van der Waals surface area contributed by atoms with Gasteiger partial charge in [0.25, 0.3) is 0 Å². The second-order valence-electron chi connectivity index (χ2n) is 4.13. The van der Waals surface area contributed by atoms with E-state index in [1.165, 1.54) is 0 Å². The monoisotopic (exact) mass is 268 g/mol. The minimum atomic E-state index is 0.218. The summed E-state index contributed by atoms with van der Waals surface area (Å²) in [6.45, 7) is 0.395. The average Bonchev–Trinajstić information content (AvgIpc) is 2.95. The zero-order valence-electron chi connectivity index (χ0n) is 10.5. The van der Waals surface area contributed by atoms with Crippen molar-refractivity contribution >= 4 is 23.4 Å². The fraction of sp³-hybridized carbons (Fsp3) is 0.0714. The number of fused-ring (bicyclic) bond motifs is 1. The maximum absolute atomic E-state index is 10.5. The van der Waals surface area contributed by atoms with Crippen molar-refractivity contribution < 1.29 is 9.53 Å². The summed E-state index contributed by atoms with van der Waals surface area (Å²) in [5, 5.41) is 2.43. The van der Waals surface area contributed by atoms with Crippen molar-refractivity contribution in [2.75, 3.05) is 5.32 Å². The highest BCUT2D eigenvalue weighted by atomic mass is 16.5. The van der Waals surface area contributed by atoms with Gasteiger partial charge in [-0.05, 0) is 11.6 Å². The molecule has 3 rings (SSSR count). The van der Waals surface area contributed by atoms with Crippen molar-refractivity contribution in [3.8, 4) is 5.88 Å². The van der Waals surface area contributed by atoms with E-state index in [0.29, 0.717) is 29.9 Å². The number of H-pyrrole nitrogens is 1. The Bertz CT molecular complexity index is 724. The molecule has 6 heteroatoms. The summed E-state index contributed by atoms with van der Waals surface area (Å²) in [5.41, 5.74) is 2.43. The molecule has 0 bridgehead atoms. The minimum Gasteiger partial charge on any atom is -0.471 e. The molecule has 6 nitrogen and oxygen atoms in total. The molecule has 1 amide bonds. The summed E-state index contributed by atoms with van der Waals surface area (Å²) < 4.78 is 5.71. The molecule has 0 aliphatic heterocycles. The van der Waals surface area contributed by atoms with Gasteiger partial charge in [0.05, 0.1) is 5.52 Å². The summed E-state index contributed by atoms with van der Waals surface area (Å²) in [4.78, 5) is 21.9. The Morgan fingerprint density at radius 3 is 2.85 bits per heavy atom. The fourth-order valence-corrected chi connectivity index (χ4v) is 1.86. The van der Waals surface area contributed by atoms with Crippen LogP contribution in [-0.4, -0.2) is 21.4 Å². The molecule has 0 saturated heterocycles. The Labute approximate surface area is 114 Å². The van der Waals surface area contributed by atoms with E-state index >= 15 is 0 Å². The van der Waals surface area contributed by atoms with Gasteiger partial charge < -0.3 is 9.72 Å². The third-order valence-electron chi connectivity index (χ3n) is 2.78. The second kappa shape index (κ2) is 5.40. The Morgan fingerprint density at radius 1 is 1.20 bits per heavy atom. The van der Waals surface area contributed by atoms with E-state index in [1.807, 2.05) is 30.3 Å². The smallest absolute Gasteiger partial charge is 0.243 e. The van der Waals surface area contributed by atoms with E-state index in [4.69, 9.17) is 4.74 Å². The molecule has 0 radical (unpaired) electrons. The number of ether oxygens (including phenoxy) is 1. The number of benzene rings is 1. The van der Waals surface area contributed by atoms with Gasteiger partial charge in [-0.1, -0.05) is 30.3 Å². The summed E-state index contributed by atoms with van der Waals surface area (Å²) in [6, 6.07) is 11.6. The van der Waals surface area contributed by atoms with E-state index in [1.54, 1.807) is 12.3 Å². The van der Waals surface area contributed by atoms with Crippen LogP contribution in [0.25, 0.3) is 11.0 Å². The highest BCUT2D eigenvalue weighted by Crippen LogP contribution is 2.23. The summed E-state index contributed by atoms with van der Waals surface area (Å²) in [5.74, 6) is 0.628. The summed E-state index contributed by atoms with van der Waals surface area (Å²) in [6.07, 6.45) is 2.29. The topological polar surface area (TPSA) is 79.9 Å². The van der Waals surface area contributed by atoms with E-state index < -0.39 is 0 Å². The number of aromatic nitrogens is 3. The van der Waals surface area contributed by atoms with Gasteiger partial charge >= 0.3 is 0 Å². The lowest BCUT2D eigenvalue weighted by atomic mass is 10.2. The molecule has 0 fully saturated rings. The third kappa shape index (κ3) is 2.44. The largest absolute Gasteiger partial charge is 0.471 e. The van der Waals surface area contributed by atoms with Crippen LogP contribution in [0.1, 0.15) is 5.56 Å². The zero-order chi connectivity index (χ0) is 13.8. The molecular formula is C14H12N4O2. The van der Waals surface area contributed by atoms with Gasteiger partial charge in [0.1, 0.15) is 12.1 Å². The van der Waals surface area contributed by atoms with Crippen LogP contribution in [0, 0.1) is 0 Å². The van der Waals surface area contributed by atoms with Gasteiger partial charge in [-0.25, -0.2) is 4.98 Å². The molecule has 2 aromatic heterocycles. The van der Waals surface area contributed by atoms with Crippen molar-refractivity contribution in [2.24, 2.45) is 0 Å². The maximum atomic E-state index is 10.5. The number of nitrogens with one attached hydrogen (secondary N) is 2.